The second kappa shape index (κ2) is 9.43. The molecule has 2 aliphatic rings. The standard InChI is InChI=1S/C25H22ClN3O5S/c1-17-23(25(30)29(27-17)20-6-4-19(26)5-7-20)16-21-8-11-24(34-21)18-2-9-22(10-3-18)35(31,32)28-12-14-33-15-13-28/h2-11,16H,12-15H2,1H3/b23-16-. The molecule has 10 heteroatoms. The maximum Gasteiger partial charge on any atom is 0.280 e. The summed E-state index contributed by atoms with van der Waals surface area (Å²) in [6.07, 6.45) is 1.65. The molecule has 0 bridgehead atoms. The van der Waals surface area contributed by atoms with E-state index in [2.05, 4.69) is 5.10 Å². The summed E-state index contributed by atoms with van der Waals surface area (Å²) >= 11 is 5.94. The van der Waals surface area contributed by atoms with Crippen LogP contribution in [-0.4, -0.2) is 50.6 Å². The summed E-state index contributed by atoms with van der Waals surface area (Å²) in [5, 5.41) is 6.27. The number of morpholine rings is 1. The number of furan rings is 1. The van der Waals surface area contributed by atoms with Crippen molar-refractivity contribution in [3.8, 4) is 11.3 Å². The van der Waals surface area contributed by atoms with Crippen LogP contribution in [0, 0.1) is 0 Å². The Morgan fingerprint density at radius 2 is 1.66 bits per heavy atom. The molecular weight excluding hydrogens is 490 g/mol. The molecule has 1 amide bonds. The summed E-state index contributed by atoms with van der Waals surface area (Å²) in [6, 6.07) is 17.0. The van der Waals surface area contributed by atoms with Gasteiger partial charge in [-0.15, -0.1) is 0 Å². The molecule has 2 aromatic carbocycles. The lowest BCUT2D eigenvalue weighted by Gasteiger charge is -2.26. The number of benzene rings is 2. The molecule has 1 aromatic heterocycles. The number of rotatable bonds is 5. The van der Waals surface area contributed by atoms with Gasteiger partial charge in [0.2, 0.25) is 10.0 Å². The third-order valence-electron chi connectivity index (χ3n) is 5.79. The number of hydrazone groups is 1. The molecule has 0 N–H and O–H groups in total. The van der Waals surface area contributed by atoms with E-state index < -0.39 is 10.0 Å². The van der Waals surface area contributed by atoms with Crippen molar-refractivity contribution in [1.29, 1.82) is 0 Å². The van der Waals surface area contributed by atoms with Crippen LogP contribution in [0.4, 0.5) is 5.69 Å². The average molecular weight is 512 g/mol. The molecule has 8 nitrogen and oxygen atoms in total. The molecule has 0 spiro atoms. The summed E-state index contributed by atoms with van der Waals surface area (Å²) < 4.78 is 38.3. The van der Waals surface area contributed by atoms with Gasteiger partial charge in [-0.1, -0.05) is 11.6 Å². The average Bonchev–Trinajstić information content (AvgIpc) is 3.45. The quantitative estimate of drug-likeness (QED) is 0.472. The van der Waals surface area contributed by atoms with Crippen molar-refractivity contribution in [2.24, 2.45) is 5.10 Å². The first-order valence-corrected chi connectivity index (χ1v) is 12.8. The van der Waals surface area contributed by atoms with Gasteiger partial charge in [0.05, 0.1) is 35.1 Å². The number of hydrogen-bond acceptors (Lipinski definition) is 6. The van der Waals surface area contributed by atoms with E-state index in [0.717, 1.165) is 5.56 Å². The minimum atomic E-state index is -3.56. The fraction of sp³-hybridized carbons (Fsp3) is 0.200. The van der Waals surface area contributed by atoms with E-state index in [0.29, 0.717) is 59.8 Å². The summed E-state index contributed by atoms with van der Waals surface area (Å²) in [7, 11) is -3.56. The van der Waals surface area contributed by atoms with E-state index >= 15 is 0 Å². The van der Waals surface area contributed by atoms with E-state index in [1.165, 1.54) is 9.31 Å². The maximum atomic E-state index is 12.9. The van der Waals surface area contributed by atoms with Crippen LogP contribution in [0.1, 0.15) is 12.7 Å². The van der Waals surface area contributed by atoms with Gasteiger partial charge in [-0.25, -0.2) is 8.42 Å². The number of carbonyl (C=O) groups is 1. The van der Waals surface area contributed by atoms with E-state index in [9.17, 15) is 13.2 Å². The van der Waals surface area contributed by atoms with Crippen molar-refractivity contribution in [2.75, 3.05) is 31.3 Å². The first-order chi connectivity index (χ1) is 16.8. The minimum absolute atomic E-state index is 0.225. The fourth-order valence-corrected chi connectivity index (χ4v) is 5.43. The number of ether oxygens (including phenoxy) is 1. The van der Waals surface area contributed by atoms with Crippen LogP contribution in [0.15, 0.2) is 80.7 Å². The van der Waals surface area contributed by atoms with Crippen LogP contribution in [-0.2, 0) is 19.6 Å². The van der Waals surface area contributed by atoms with Gasteiger partial charge in [0.1, 0.15) is 11.5 Å². The summed E-state index contributed by atoms with van der Waals surface area (Å²) in [5.74, 6) is 0.781. The number of sulfonamides is 1. The highest BCUT2D eigenvalue weighted by molar-refractivity contribution is 7.89. The molecule has 0 saturated carbocycles. The van der Waals surface area contributed by atoms with Crippen LogP contribution in [0.3, 0.4) is 0 Å². The van der Waals surface area contributed by atoms with Gasteiger partial charge in [0.25, 0.3) is 5.91 Å². The first kappa shape index (κ1) is 23.5. The monoisotopic (exact) mass is 511 g/mol. The lowest BCUT2D eigenvalue weighted by Crippen LogP contribution is -2.40. The number of amides is 1. The van der Waals surface area contributed by atoms with Gasteiger partial charge in [0.15, 0.2) is 0 Å². The van der Waals surface area contributed by atoms with Crippen LogP contribution < -0.4 is 5.01 Å². The van der Waals surface area contributed by atoms with Crippen molar-refractivity contribution in [3.05, 3.63) is 77.0 Å². The van der Waals surface area contributed by atoms with Crippen molar-refractivity contribution < 1.29 is 22.4 Å². The van der Waals surface area contributed by atoms with Crippen LogP contribution >= 0.6 is 11.6 Å². The summed E-state index contributed by atoms with van der Waals surface area (Å²) in [6.45, 7) is 3.24. The Morgan fingerprint density at radius 3 is 2.34 bits per heavy atom. The maximum absolute atomic E-state index is 12.9. The molecule has 0 aliphatic carbocycles. The Bertz CT molecular complexity index is 1420. The van der Waals surface area contributed by atoms with Crippen LogP contribution in [0.2, 0.25) is 5.02 Å². The molecule has 1 fully saturated rings. The van der Waals surface area contributed by atoms with Gasteiger partial charge >= 0.3 is 0 Å². The largest absolute Gasteiger partial charge is 0.457 e. The zero-order chi connectivity index (χ0) is 24.6. The number of hydrogen-bond donors (Lipinski definition) is 0. The van der Waals surface area contributed by atoms with Gasteiger partial charge < -0.3 is 9.15 Å². The predicted molar refractivity (Wildman–Crippen MR) is 134 cm³/mol. The molecule has 3 aromatic rings. The van der Waals surface area contributed by atoms with Crippen molar-refractivity contribution in [1.82, 2.24) is 4.31 Å². The Labute approximate surface area is 208 Å². The SMILES string of the molecule is CC1=NN(c2ccc(Cl)cc2)C(=O)/C1=C\c1ccc(-c2ccc(S(=O)(=O)N3CCOCC3)cc2)o1. The molecular formula is C25H22ClN3O5S. The van der Waals surface area contributed by atoms with Gasteiger partial charge in [-0.3, -0.25) is 4.79 Å². The molecule has 1 saturated heterocycles. The van der Waals surface area contributed by atoms with E-state index in [1.807, 2.05) is 0 Å². The van der Waals surface area contributed by atoms with Crippen LogP contribution in [0.25, 0.3) is 17.4 Å². The third-order valence-corrected chi connectivity index (χ3v) is 7.96. The lowest BCUT2D eigenvalue weighted by atomic mass is 10.1. The molecule has 35 heavy (non-hydrogen) atoms. The topological polar surface area (TPSA) is 92.4 Å². The Morgan fingerprint density at radius 1 is 0.971 bits per heavy atom. The highest BCUT2D eigenvalue weighted by Gasteiger charge is 2.29. The van der Waals surface area contributed by atoms with Crippen LogP contribution in [0.5, 0.6) is 0 Å². The van der Waals surface area contributed by atoms with Gasteiger partial charge in [-0.05, 0) is 73.7 Å². The van der Waals surface area contributed by atoms with E-state index in [-0.39, 0.29) is 10.8 Å². The third kappa shape index (κ3) is 4.68. The molecule has 0 unspecified atom stereocenters. The zero-order valence-corrected chi connectivity index (χ0v) is 20.4. The minimum Gasteiger partial charge on any atom is -0.457 e. The number of anilines is 1. The fourth-order valence-electron chi connectivity index (χ4n) is 3.90. The normalized spacial score (nSPS) is 18.3. The zero-order valence-electron chi connectivity index (χ0n) is 18.8. The highest BCUT2D eigenvalue weighted by atomic mass is 35.5. The van der Waals surface area contributed by atoms with Crippen molar-refractivity contribution >= 4 is 45.0 Å². The second-order valence-electron chi connectivity index (χ2n) is 8.08. The molecule has 5 rings (SSSR count). The van der Waals surface area contributed by atoms with E-state index in [4.69, 9.17) is 20.8 Å². The molecule has 0 atom stereocenters. The van der Waals surface area contributed by atoms with Crippen molar-refractivity contribution in [3.63, 3.8) is 0 Å². The summed E-state index contributed by atoms with van der Waals surface area (Å²) in [4.78, 5) is 13.2. The predicted octanol–water partition coefficient (Wildman–Crippen LogP) is 4.43. The van der Waals surface area contributed by atoms with Crippen molar-refractivity contribution in [2.45, 2.75) is 11.8 Å². The number of halogens is 1. The number of carbonyl (C=O) groups excluding carboxylic acids is 1. The van der Waals surface area contributed by atoms with Gasteiger partial charge in [-0.2, -0.15) is 14.4 Å². The number of nitrogens with zero attached hydrogens (tertiary/aromatic N) is 3. The lowest BCUT2D eigenvalue weighted by molar-refractivity contribution is -0.114. The smallest absolute Gasteiger partial charge is 0.280 e. The molecule has 3 heterocycles. The first-order valence-electron chi connectivity index (χ1n) is 11.0. The molecule has 180 valence electrons. The second-order valence-corrected chi connectivity index (χ2v) is 10.5. The highest BCUT2D eigenvalue weighted by Crippen LogP contribution is 2.29. The Hall–Kier alpha value is -3.24. The summed E-state index contributed by atoms with van der Waals surface area (Å²) in [5.41, 5.74) is 2.34. The Balaban J connectivity index is 1.34. The van der Waals surface area contributed by atoms with E-state index in [1.54, 1.807) is 73.7 Å². The molecule has 0 radical (unpaired) electrons. The molecule has 2 aliphatic heterocycles. The Kier molecular flexibility index (Phi) is 6.33. The van der Waals surface area contributed by atoms with Gasteiger partial charge in [0, 0.05) is 23.7 Å².